The monoisotopic (exact) mass is 447 g/mol. The van der Waals surface area contributed by atoms with Gasteiger partial charge >= 0.3 is 0 Å². The van der Waals surface area contributed by atoms with Crippen molar-refractivity contribution in [2.75, 3.05) is 26.7 Å². The van der Waals surface area contributed by atoms with Gasteiger partial charge in [0.1, 0.15) is 5.75 Å². The number of fused-ring (bicyclic) bond motifs is 3. The van der Waals surface area contributed by atoms with Crippen LogP contribution in [0.25, 0.3) is 21.5 Å². The zero-order valence-electron chi connectivity index (χ0n) is 18.0. The predicted molar refractivity (Wildman–Crippen MR) is 129 cm³/mol. The first-order valence-electron chi connectivity index (χ1n) is 10.8. The molecule has 3 aromatic carbocycles. The number of rotatable bonds is 10. The Labute approximate surface area is 189 Å². The first-order valence-corrected chi connectivity index (χ1v) is 11.5. The number of hydrogen-bond donors (Lipinski definition) is 1. The molecule has 0 fully saturated rings. The summed E-state index contributed by atoms with van der Waals surface area (Å²) in [7, 11) is 1.65. The van der Waals surface area contributed by atoms with E-state index in [9.17, 15) is 5.11 Å². The Morgan fingerprint density at radius 2 is 1.40 bits per heavy atom. The Hall–Kier alpha value is -1.52. The lowest BCUT2D eigenvalue weighted by Crippen LogP contribution is -2.31. The van der Waals surface area contributed by atoms with Crippen LogP contribution in [0.3, 0.4) is 0 Å². The van der Waals surface area contributed by atoms with Gasteiger partial charge in [0.15, 0.2) is 0 Å². The molecule has 0 spiro atoms. The molecule has 0 bridgehead atoms. The van der Waals surface area contributed by atoms with Gasteiger partial charge in [-0.3, -0.25) is 0 Å². The van der Waals surface area contributed by atoms with Gasteiger partial charge in [-0.15, -0.1) is 0 Å². The zero-order chi connectivity index (χ0) is 21.7. The first-order chi connectivity index (χ1) is 14.5. The number of benzene rings is 3. The van der Waals surface area contributed by atoms with E-state index in [1.54, 1.807) is 7.11 Å². The van der Waals surface area contributed by atoms with E-state index in [1.165, 1.54) is 0 Å². The number of halogens is 2. The highest BCUT2D eigenvalue weighted by atomic mass is 35.5. The van der Waals surface area contributed by atoms with Crippen molar-refractivity contribution in [2.24, 2.45) is 0 Å². The average Bonchev–Trinajstić information content (AvgIpc) is 2.74. The van der Waals surface area contributed by atoms with E-state index in [2.05, 4.69) is 18.7 Å². The van der Waals surface area contributed by atoms with Crippen LogP contribution in [0.4, 0.5) is 0 Å². The van der Waals surface area contributed by atoms with Crippen LogP contribution in [0.1, 0.15) is 51.2 Å². The maximum absolute atomic E-state index is 11.4. The number of hydrogen-bond acceptors (Lipinski definition) is 3. The van der Waals surface area contributed by atoms with Crippen molar-refractivity contribution in [1.82, 2.24) is 4.90 Å². The number of aliphatic hydroxyl groups is 1. The van der Waals surface area contributed by atoms with Crippen LogP contribution in [-0.2, 0) is 0 Å². The minimum atomic E-state index is -0.696. The number of unbranched alkanes of at least 4 members (excludes halogenated alkanes) is 2. The molecule has 162 valence electrons. The lowest BCUT2D eigenvalue weighted by atomic mass is 9.92. The summed E-state index contributed by atoms with van der Waals surface area (Å²) in [6.07, 6.45) is 3.81. The van der Waals surface area contributed by atoms with Crippen LogP contribution in [0.2, 0.25) is 10.0 Å². The van der Waals surface area contributed by atoms with Gasteiger partial charge < -0.3 is 14.7 Å². The van der Waals surface area contributed by atoms with Crippen molar-refractivity contribution in [3.8, 4) is 5.75 Å². The third-order valence-electron chi connectivity index (χ3n) is 5.66. The Balaban J connectivity index is 2.15. The molecule has 0 amide bonds. The summed E-state index contributed by atoms with van der Waals surface area (Å²) in [5, 5.41) is 16.6. The summed E-state index contributed by atoms with van der Waals surface area (Å²) in [6.45, 7) is 6.91. The minimum absolute atomic E-state index is 0.560. The first kappa shape index (κ1) is 23.1. The Morgan fingerprint density at radius 3 is 1.93 bits per heavy atom. The number of nitrogens with zero attached hydrogens (tertiary/aromatic N) is 1. The van der Waals surface area contributed by atoms with E-state index in [0.29, 0.717) is 22.3 Å². The van der Waals surface area contributed by atoms with E-state index in [1.807, 2.05) is 36.4 Å². The van der Waals surface area contributed by atoms with E-state index >= 15 is 0 Å². The fourth-order valence-electron chi connectivity index (χ4n) is 4.13. The molecule has 30 heavy (non-hydrogen) atoms. The molecule has 0 radical (unpaired) electrons. The highest BCUT2D eigenvalue weighted by Crippen LogP contribution is 2.43. The van der Waals surface area contributed by atoms with Crippen molar-refractivity contribution in [3.63, 3.8) is 0 Å². The van der Waals surface area contributed by atoms with Gasteiger partial charge in [-0.2, -0.15) is 0 Å². The van der Waals surface area contributed by atoms with Crippen molar-refractivity contribution in [1.29, 1.82) is 0 Å². The topological polar surface area (TPSA) is 32.7 Å². The van der Waals surface area contributed by atoms with Crippen LogP contribution in [0.15, 0.2) is 36.4 Å². The van der Waals surface area contributed by atoms with Gasteiger partial charge in [0.2, 0.25) is 0 Å². The Bertz CT molecular complexity index is 998. The fourth-order valence-corrected chi connectivity index (χ4v) is 4.47. The number of ether oxygens (including phenoxy) is 1. The fraction of sp³-hybridized carbons (Fsp3) is 0.440. The number of methoxy groups -OCH3 is 1. The summed E-state index contributed by atoms with van der Waals surface area (Å²) in [5.74, 6) is 0.667. The molecule has 0 saturated carbocycles. The van der Waals surface area contributed by atoms with Crippen LogP contribution < -0.4 is 4.74 Å². The van der Waals surface area contributed by atoms with Gasteiger partial charge in [-0.25, -0.2) is 0 Å². The van der Waals surface area contributed by atoms with Gasteiger partial charge in [-0.1, -0.05) is 62.0 Å². The molecule has 0 aromatic heterocycles. The maximum Gasteiger partial charge on any atom is 0.133 e. The van der Waals surface area contributed by atoms with E-state index in [-0.39, 0.29) is 0 Å². The van der Waals surface area contributed by atoms with Crippen LogP contribution in [0.5, 0.6) is 5.75 Å². The van der Waals surface area contributed by atoms with Crippen molar-refractivity contribution in [3.05, 3.63) is 52.0 Å². The normalized spacial score (nSPS) is 12.8. The summed E-state index contributed by atoms with van der Waals surface area (Å²) in [5.41, 5.74) is 0.780. The average molecular weight is 448 g/mol. The van der Waals surface area contributed by atoms with Gasteiger partial charge in [0.05, 0.1) is 13.2 Å². The molecular weight excluding hydrogens is 417 g/mol. The molecular formula is C25H31Cl2NO2. The van der Waals surface area contributed by atoms with Crippen molar-refractivity contribution < 1.29 is 9.84 Å². The quantitative estimate of drug-likeness (QED) is 0.332. The van der Waals surface area contributed by atoms with Crippen LogP contribution >= 0.6 is 23.2 Å². The molecule has 0 aliphatic heterocycles. The van der Waals surface area contributed by atoms with Crippen LogP contribution in [0, 0.1) is 0 Å². The molecule has 0 heterocycles. The molecule has 3 aromatic rings. The second-order valence-electron chi connectivity index (χ2n) is 7.85. The van der Waals surface area contributed by atoms with Gasteiger partial charge in [-0.05, 0) is 66.4 Å². The highest BCUT2D eigenvalue weighted by Gasteiger charge is 2.23. The molecule has 0 aliphatic carbocycles. The lowest BCUT2D eigenvalue weighted by molar-refractivity contribution is 0.110. The Morgan fingerprint density at radius 1 is 0.867 bits per heavy atom. The molecule has 1 unspecified atom stereocenters. The third-order valence-corrected chi connectivity index (χ3v) is 6.13. The molecule has 1 N–H and O–H groups in total. The van der Waals surface area contributed by atoms with Gasteiger partial charge in [0.25, 0.3) is 0 Å². The highest BCUT2D eigenvalue weighted by molar-refractivity contribution is 6.33. The summed E-state index contributed by atoms with van der Waals surface area (Å²) < 4.78 is 5.85. The second-order valence-corrected chi connectivity index (χ2v) is 8.72. The molecule has 3 nitrogen and oxygen atoms in total. The summed E-state index contributed by atoms with van der Waals surface area (Å²) >= 11 is 12.7. The molecule has 3 rings (SSSR count). The Kier molecular flexibility index (Phi) is 8.24. The summed E-state index contributed by atoms with van der Waals surface area (Å²) in [6, 6.07) is 11.6. The zero-order valence-corrected chi connectivity index (χ0v) is 19.6. The molecule has 5 heteroatoms. The standard InChI is InChI=1S/C25H31Cl2NO2/c1-4-6-12-28(13-7-5-2)16-23(29)24-21-14-17(26)8-10-19(21)20-11-9-18(27)15-22(20)25(24)30-3/h8-11,14-15,23,29H,4-7,12-13,16H2,1-3H3. The second kappa shape index (κ2) is 10.7. The maximum atomic E-state index is 11.4. The third kappa shape index (κ3) is 5.03. The van der Waals surface area contributed by atoms with E-state index < -0.39 is 6.10 Å². The molecule has 1 atom stereocenters. The van der Waals surface area contributed by atoms with E-state index in [4.69, 9.17) is 27.9 Å². The SMILES string of the molecule is CCCCN(CCCC)CC(O)c1c(OC)c2cc(Cl)ccc2c2ccc(Cl)cc12. The number of aliphatic hydroxyl groups excluding tert-OH is 1. The summed E-state index contributed by atoms with van der Waals surface area (Å²) in [4.78, 5) is 2.36. The minimum Gasteiger partial charge on any atom is -0.496 e. The van der Waals surface area contributed by atoms with Crippen LogP contribution in [-0.4, -0.2) is 36.8 Å². The lowest BCUT2D eigenvalue weighted by Gasteiger charge is -2.27. The smallest absolute Gasteiger partial charge is 0.133 e. The largest absolute Gasteiger partial charge is 0.496 e. The molecule has 0 saturated heterocycles. The van der Waals surface area contributed by atoms with Gasteiger partial charge in [0, 0.05) is 27.5 Å². The predicted octanol–water partition coefficient (Wildman–Crippen LogP) is 7.24. The molecule has 0 aliphatic rings. The van der Waals surface area contributed by atoms with Crippen molar-refractivity contribution in [2.45, 2.75) is 45.6 Å². The van der Waals surface area contributed by atoms with E-state index in [0.717, 1.165) is 65.9 Å². The van der Waals surface area contributed by atoms with Crippen molar-refractivity contribution >= 4 is 44.7 Å².